The van der Waals surface area contributed by atoms with Crippen LogP contribution in [0.25, 0.3) is 16.6 Å². The van der Waals surface area contributed by atoms with E-state index in [4.69, 9.17) is 4.74 Å². The third kappa shape index (κ3) is 3.97. The summed E-state index contributed by atoms with van der Waals surface area (Å²) in [4.78, 5) is 13.7. The molecule has 8 heteroatoms. The number of hydrogen-bond donors (Lipinski definition) is 1. The molecule has 138 valence electrons. The summed E-state index contributed by atoms with van der Waals surface area (Å²) in [6.07, 6.45) is 2.52. The zero-order valence-electron chi connectivity index (χ0n) is 14.4. The van der Waals surface area contributed by atoms with Crippen LogP contribution < -0.4 is 5.56 Å². The Labute approximate surface area is 159 Å². The molecule has 4 rings (SSSR count). The number of thiophene rings is 1. The summed E-state index contributed by atoms with van der Waals surface area (Å²) in [7, 11) is 0. The fraction of sp³-hybridized carbons (Fsp3) is 0.211. The molecule has 27 heavy (non-hydrogen) atoms. The first-order valence-corrected chi connectivity index (χ1v) is 9.38. The molecule has 0 radical (unpaired) electrons. The standard InChI is InChI=1S/C19H18N4O3S/c24-16(12-26-13-17-7-4-8-27-17)11-23-19(25)18-14(9-20-23)10-22(21-18)15-5-2-1-3-6-15/h1-10,16,24H,11-13H2. The lowest BCUT2D eigenvalue weighted by Crippen LogP contribution is -2.31. The van der Waals surface area contributed by atoms with Crippen molar-refractivity contribution in [3.05, 3.63) is 75.5 Å². The SMILES string of the molecule is O=c1c2nn(-c3ccccc3)cc2cnn1CC(O)COCc1cccs1. The lowest BCUT2D eigenvalue weighted by molar-refractivity contribution is 0.0190. The van der Waals surface area contributed by atoms with Gasteiger partial charge >= 0.3 is 0 Å². The number of hydrogen-bond acceptors (Lipinski definition) is 6. The molecule has 0 saturated heterocycles. The molecule has 0 fully saturated rings. The molecule has 3 aromatic heterocycles. The molecule has 1 N–H and O–H groups in total. The highest BCUT2D eigenvalue weighted by molar-refractivity contribution is 7.09. The van der Waals surface area contributed by atoms with Crippen molar-refractivity contribution in [2.45, 2.75) is 19.3 Å². The van der Waals surface area contributed by atoms with Gasteiger partial charge in [0.25, 0.3) is 5.56 Å². The highest BCUT2D eigenvalue weighted by Crippen LogP contribution is 2.12. The average Bonchev–Trinajstić information content (AvgIpc) is 3.35. The molecular formula is C19H18N4O3S. The lowest BCUT2D eigenvalue weighted by atomic mass is 10.3. The Morgan fingerprint density at radius 2 is 2.04 bits per heavy atom. The smallest absolute Gasteiger partial charge is 0.295 e. The third-order valence-corrected chi connectivity index (χ3v) is 4.90. The van der Waals surface area contributed by atoms with Gasteiger partial charge in [0.15, 0.2) is 5.52 Å². The van der Waals surface area contributed by atoms with E-state index in [-0.39, 0.29) is 18.7 Å². The molecule has 1 unspecified atom stereocenters. The minimum atomic E-state index is -0.830. The van der Waals surface area contributed by atoms with Crippen LogP contribution in [-0.4, -0.2) is 37.4 Å². The summed E-state index contributed by atoms with van der Waals surface area (Å²) in [5.41, 5.74) is 0.849. The number of aromatic nitrogens is 4. The van der Waals surface area contributed by atoms with Crippen LogP contribution in [0.2, 0.25) is 0 Å². The molecule has 3 heterocycles. The second-order valence-corrected chi connectivity index (χ2v) is 7.13. The maximum Gasteiger partial charge on any atom is 0.295 e. The number of para-hydroxylation sites is 1. The summed E-state index contributed by atoms with van der Waals surface area (Å²) in [5.74, 6) is 0. The van der Waals surface area contributed by atoms with Crippen LogP contribution >= 0.6 is 11.3 Å². The van der Waals surface area contributed by atoms with E-state index in [2.05, 4.69) is 10.2 Å². The van der Waals surface area contributed by atoms with E-state index in [0.717, 1.165) is 10.6 Å². The second kappa shape index (κ2) is 7.83. The van der Waals surface area contributed by atoms with Crippen LogP contribution in [0.3, 0.4) is 0 Å². The van der Waals surface area contributed by atoms with Crippen LogP contribution in [-0.2, 0) is 17.9 Å². The fourth-order valence-electron chi connectivity index (χ4n) is 2.74. The van der Waals surface area contributed by atoms with Gasteiger partial charge in [-0.05, 0) is 23.6 Å². The monoisotopic (exact) mass is 382 g/mol. The zero-order valence-corrected chi connectivity index (χ0v) is 15.2. The van der Waals surface area contributed by atoms with Crippen LogP contribution in [0.1, 0.15) is 4.88 Å². The van der Waals surface area contributed by atoms with E-state index in [9.17, 15) is 9.90 Å². The Morgan fingerprint density at radius 3 is 2.81 bits per heavy atom. The minimum absolute atomic E-state index is 0.0530. The van der Waals surface area contributed by atoms with Gasteiger partial charge in [-0.1, -0.05) is 24.3 Å². The van der Waals surface area contributed by atoms with Gasteiger partial charge in [-0.2, -0.15) is 10.2 Å². The van der Waals surface area contributed by atoms with E-state index >= 15 is 0 Å². The number of ether oxygens (including phenoxy) is 1. The summed E-state index contributed by atoms with van der Waals surface area (Å²) >= 11 is 1.60. The summed E-state index contributed by atoms with van der Waals surface area (Å²) in [5, 5.41) is 21.3. The number of aliphatic hydroxyl groups excluding tert-OH is 1. The first-order valence-electron chi connectivity index (χ1n) is 8.50. The topological polar surface area (TPSA) is 82.2 Å². The number of benzene rings is 1. The highest BCUT2D eigenvalue weighted by Gasteiger charge is 2.13. The normalized spacial score (nSPS) is 12.5. The van der Waals surface area contributed by atoms with Crippen molar-refractivity contribution in [2.75, 3.05) is 6.61 Å². The first kappa shape index (κ1) is 17.6. The fourth-order valence-corrected chi connectivity index (χ4v) is 3.38. The van der Waals surface area contributed by atoms with E-state index in [1.54, 1.807) is 28.4 Å². The summed E-state index contributed by atoms with van der Waals surface area (Å²) < 4.78 is 8.38. The predicted molar refractivity (Wildman–Crippen MR) is 103 cm³/mol. The number of fused-ring (bicyclic) bond motifs is 1. The van der Waals surface area contributed by atoms with Gasteiger partial charge < -0.3 is 9.84 Å². The quantitative estimate of drug-likeness (QED) is 0.530. The summed E-state index contributed by atoms with van der Waals surface area (Å²) in [6.45, 7) is 0.623. The van der Waals surface area contributed by atoms with Crippen molar-refractivity contribution in [2.24, 2.45) is 0 Å². The van der Waals surface area contributed by atoms with Gasteiger partial charge in [-0.3, -0.25) is 4.79 Å². The van der Waals surface area contributed by atoms with Gasteiger partial charge in [0.1, 0.15) is 0 Å². The predicted octanol–water partition coefficient (Wildman–Crippen LogP) is 2.22. The van der Waals surface area contributed by atoms with Crippen LogP contribution in [0.4, 0.5) is 0 Å². The Kier molecular flexibility index (Phi) is 5.10. The Balaban J connectivity index is 1.47. The van der Waals surface area contributed by atoms with E-state index < -0.39 is 6.10 Å². The molecule has 0 aliphatic carbocycles. The Hall–Kier alpha value is -2.81. The molecule has 1 aromatic carbocycles. The Bertz CT molecular complexity index is 1070. The second-order valence-electron chi connectivity index (χ2n) is 6.09. The van der Waals surface area contributed by atoms with Crippen molar-refractivity contribution in [3.8, 4) is 5.69 Å². The molecule has 0 aliphatic rings. The zero-order chi connectivity index (χ0) is 18.6. The van der Waals surface area contributed by atoms with E-state index in [0.29, 0.717) is 17.5 Å². The van der Waals surface area contributed by atoms with Crippen molar-refractivity contribution in [3.63, 3.8) is 0 Å². The van der Waals surface area contributed by atoms with Crippen LogP contribution in [0, 0.1) is 0 Å². The van der Waals surface area contributed by atoms with Gasteiger partial charge in [0.2, 0.25) is 0 Å². The third-order valence-electron chi connectivity index (χ3n) is 4.05. The molecular weight excluding hydrogens is 364 g/mol. The molecule has 4 aromatic rings. The summed E-state index contributed by atoms with van der Waals surface area (Å²) in [6, 6.07) is 13.5. The number of nitrogens with zero attached hydrogens (tertiary/aromatic N) is 4. The lowest BCUT2D eigenvalue weighted by Gasteiger charge is -2.11. The average molecular weight is 382 g/mol. The first-order chi connectivity index (χ1) is 13.2. The van der Waals surface area contributed by atoms with E-state index in [1.165, 1.54) is 4.68 Å². The van der Waals surface area contributed by atoms with Gasteiger partial charge in [0, 0.05) is 16.5 Å². The van der Waals surface area contributed by atoms with Gasteiger partial charge in [-0.25, -0.2) is 9.36 Å². The van der Waals surface area contributed by atoms with Crippen molar-refractivity contribution in [1.29, 1.82) is 0 Å². The van der Waals surface area contributed by atoms with Gasteiger partial charge in [0.05, 0.1) is 37.7 Å². The van der Waals surface area contributed by atoms with Crippen LogP contribution in [0.15, 0.2) is 65.0 Å². The van der Waals surface area contributed by atoms with E-state index in [1.807, 2.05) is 47.8 Å². The molecule has 0 amide bonds. The molecule has 1 atom stereocenters. The Morgan fingerprint density at radius 1 is 1.19 bits per heavy atom. The number of aliphatic hydroxyl groups is 1. The minimum Gasteiger partial charge on any atom is -0.389 e. The maximum absolute atomic E-state index is 12.6. The van der Waals surface area contributed by atoms with Gasteiger partial charge in [-0.15, -0.1) is 11.3 Å². The molecule has 0 saturated carbocycles. The van der Waals surface area contributed by atoms with Crippen molar-refractivity contribution >= 4 is 22.2 Å². The molecule has 0 bridgehead atoms. The molecule has 7 nitrogen and oxygen atoms in total. The molecule has 0 spiro atoms. The van der Waals surface area contributed by atoms with Crippen molar-refractivity contribution < 1.29 is 9.84 Å². The van der Waals surface area contributed by atoms with Crippen LogP contribution in [0.5, 0.6) is 0 Å². The highest BCUT2D eigenvalue weighted by atomic mass is 32.1. The maximum atomic E-state index is 12.6. The molecule has 0 aliphatic heterocycles. The number of rotatable bonds is 7. The largest absolute Gasteiger partial charge is 0.389 e. The van der Waals surface area contributed by atoms with Crippen molar-refractivity contribution in [1.82, 2.24) is 19.6 Å².